The summed E-state index contributed by atoms with van der Waals surface area (Å²) < 4.78 is 1.64. The molecule has 0 amide bonds. The molecule has 0 unspecified atom stereocenters. The van der Waals surface area contributed by atoms with E-state index in [1.165, 1.54) is 19.3 Å². The first-order valence-corrected chi connectivity index (χ1v) is 10.4. The van der Waals surface area contributed by atoms with Gasteiger partial charge in [-0.1, -0.05) is 6.42 Å². The van der Waals surface area contributed by atoms with Gasteiger partial charge in [0.2, 0.25) is 0 Å². The number of hydrogen-bond acceptors (Lipinski definition) is 6. The highest BCUT2D eigenvalue weighted by Crippen LogP contribution is 2.48. The van der Waals surface area contributed by atoms with Crippen LogP contribution in [-0.4, -0.2) is 38.9 Å². The molecular formula is C23H23N5O2. The van der Waals surface area contributed by atoms with Gasteiger partial charge in [-0.05, 0) is 49.6 Å². The quantitative estimate of drug-likeness (QED) is 0.591. The monoisotopic (exact) mass is 401 g/mol. The Balaban J connectivity index is 1.49. The van der Waals surface area contributed by atoms with Crippen molar-refractivity contribution in [2.24, 2.45) is 5.41 Å². The molecule has 1 aliphatic carbocycles. The first-order valence-electron chi connectivity index (χ1n) is 10.4. The minimum absolute atomic E-state index is 0.122. The maximum atomic E-state index is 13.3. The van der Waals surface area contributed by atoms with Crippen LogP contribution >= 0.6 is 0 Å². The standard InChI is InChI=1S/C23H23N5O2/c29-13-1-4-18-14-28(19-7-5-17(6-8-19)20-24-11-3-12-25-20)22(30)21(26-18)27-15-23(16-27)9-2-10-23/h3,5-8,11-14H,1-2,4,9-10,15-16H2. The first kappa shape index (κ1) is 18.7. The lowest BCUT2D eigenvalue weighted by Gasteiger charge is -2.56. The van der Waals surface area contributed by atoms with Gasteiger partial charge in [0.15, 0.2) is 11.6 Å². The van der Waals surface area contributed by atoms with Crippen LogP contribution in [0.1, 0.15) is 31.4 Å². The number of aryl methyl sites for hydroxylation is 1. The molecule has 1 spiro atoms. The van der Waals surface area contributed by atoms with Gasteiger partial charge in [0.1, 0.15) is 6.29 Å². The smallest absolute Gasteiger partial charge is 0.298 e. The molecule has 7 nitrogen and oxygen atoms in total. The fourth-order valence-electron chi connectivity index (χ4n) is 4.38. The van der Waals surface area contributed by atoms with Gasteiger partial charge in [-0.25, -0.2) is 15.0 Å². The Morgan fingerprint density at radius 2 is 1.80 bits per heavy atom. The molecule has 1 saturated heterocycles. The van der Waals surface area contributed by atoms with E-state index in [-0.39, 0.29) is 5.56 Å². The largest absolute Gasteiger partial charge is 0.351 e. The lowest BCUT2D eigenvalue weighted by atomic mass is 9.63. The Labute approximate surface area is 174 Å². The van der Waals surface area contributed by atoms with Crippen molar-refractivity contribution < 1.29 is 4.79 Å². The molecule has 3 heterocycles. The zero-order chi connectivity index (χ0) is 20.6. The van der Waals surface area contributed by atoms with Crippen LogP contribution in [-0.2, 0) is 11.2 Å². The summed E-state index contributed by atoms with van der Waals surface area (Å²) in [6.45, 7) is 1.80. The van der Waals surface area contributed by atoms with Gasteiger partial charge in [0, 0.05) is 54.8 Å². The number of nitrogens with zero attached hydrogens (tertiary/aromatic N) is 5. The maximum absolute atomic E-state index is 13.3. The third kappa shape index (κ3) is 3.30. The highest BCUT2D eigenvalue weighted by Gasteiger charge is 2.48. The van der Waals surface area contributed by atoms with E-state index in [1.807, 2.05) is 24.3 Å². The molecule has 1 aliphatic heterocycles. The van der Waals surface area contributed by atoms with Crippen LogP contribution in [0.15, 0.2) is 53.7 Å². The van der Waals surface area contributed by atoms with E-state index in [1.54, 1.807) is 29.2 Å². The summed E-state index contributed by atoms with van der Waals surface area (Å²) >= 11 is 0. The van der Waals surface area contributed by atoms with Crippen LogP contribution in [0.2, 0.25) is 0 Å². The predicted molar refractivity (Wildman–Crippen MR) is 114 cm³/mol. The van der Waals surface area contributed by atoms with Crippen LogP contribution in [0, 0.1) is 5.41 Å². The number of aldehydes is 1. The Kier molecular flexibility index (Phi) is 4.65. The number of hydrogen-bond donors (Lipinski definition) is 0. The number of carbonyl (C=O) groups is 1. The highest BCUT2D eigenvalue weighted by molar-refractivity contribution is 5.57. The Bertz CT molecular complexity index is 1110. The van der Waals surface area contributed by atoms with E-state index < -0.39 is 0 Å². The summed E-state index contributed by atoms with van der Waals surface area (Å²) in [6.07, 6.45) is 10.7. The van der Waals surface area contributed by atoms with Gasteiger partial charge in [-0.2, -0.15) is 0 Å². The predicted octanol–water partition coefficient (Wildman–Crippen LogP) is 2.81. The van der Waals surface area contributed by atoms with Crippen molar-refractivity contribution in [2.45, 2.75) is 32.1 Å². The molecule has 2 aliphatic rings. The molecule has 7 heteroatoms. The molecule has 1 aromatic carbocycles. The molecule has 0 bridgehead atoms. The zero-order valence-corrected chi connectivity index (χ0v) is 16.7. The van der Waals surface area contributed by atoms with Crippen molar-refractivity contribution in [3.05, 3.63) is 65.0 Å². The van der Waals surface area contributed by atoms with Crippen molar-refractivity contribution in [1.82, 2.24) is 19.5 Å². The van der Waals surface area contributed by atoms with E-state index in [4.69, 9.17) is 0 Å². The highest BCUT2D eigenvalue weighted by atomic mass is 16.1. The number of benzene rings is 1. The minimum Gasteiger partial charge on any atom is -0.351 e. The first-order chi connectivity index (χ1) is 14.7. The van der Waals surface area contributed by atoms with Crippen LogP contribution in [0.3, 0.4) is 0 Å². The molecule has 30 heavy (non-hydrogen) atoms. The summed E-state index contributed by atoms with van der Waals surface area (Å²) in [5.41, 5.74) is 2.67. The molecule has 2 fully saturated rings. The van der Waals surface area contributed by atoms with Crippen molar-refractivity contribution >= 4 is 12.1 Å². The Morgan fingerprint density at radius 3 is 2.43 bits per heavy atom. The number of carbonyl (C=O) groups excluding carboxylic acids is 1. The molecule has 0 radical (unpaired) electrons. The maximum Gasteiger partial charge on any atom is 0.298 e. The van der Waals surface area contributed by atoms with Gasteiger partial charge in [-0.15, -0.1) is 0 Å². The summed E-state index contributed by atoms with van der Waals surface area (Å²) in [5, 5.41) is 0. The minimum atomic E-state index is -0.122. The summed E-state index contributed by atoms with van der Waals surface area (Å²) in [7, 11) is 0. The van der Waals surface area contributed by atoms with Crippen LogP contribution in [0.5, 0.6) is 0 Å². The normalized spacial score (nSPS) is 16.7. The molecule has 3 aromatic rings. The fraction of sp³-hybridized carbons (Fsp3) is 0.348. The third-order valence-corrected chi connectivity index (χ3v) is 6.19. The van der Waals surface area contributed by atoms with Gasteiger partial charge >= 0.3 is 0 Å². The van der Waals surface area contributed by atoms with E-state index >= 15 is 0 Å². The van der Waals surface area contributed by atoms with Gasteiger partial charge in [-0.3, -0.25) is 9.36 Å². The van der Waals surface area contributed by atoms with E-state index in [0.29, 0.717) is 29.9 Å². The summed E-state index contributed by atoms with van der Waals surface area (Å²) in [6, 6.07) is 9.39. The van der Waals surface area contributed by atoms with Gasteiger partial charge in [0.05, 0.1) is 5.69 Å². The molecule has 5 rings (SSSR count). The topological polar surface area (TPSA) is 81.0 Å². The van der Waals surface area contributed by atoms with E-state index in [0.717, 1.165) is 36.3 Å². The number of aromatic nitrogens is 4. The molecule has 2 aromatic heterocycles. The molecule has 0 N–H and O–H groups in total. The molecular weight excluding hydrogens is 378 g/mol. The second-order valence-electron chi connectivity index (χ2n) is 8.27. The molecule has 0 atom stereocenters. The van der Waals surface area contributed by atoms with Crippen LogP contribution in [0.25, 0.3) is 17.1 Å². The van der Waals surface area contributed by atoms with Crippen LogP contribution in [0.4, 0.5) is 5.82 Å². The third-order valence-electron chi connectivity index (χ3n) is 6.19. The SMILES string of the molecule is O=CCCc1cn(-c2ccc(-c3ncccn3)cc2)c(=O)c(N2CC3(CCC3)C2)n1. The van der Waals surface area contributed by atoms with E-state index in [2.05, 4.69) is 19.9 Å². The average molecular weight is 401 g/mol. The second kappa shape index (κ2) is 7.48. The van der Waals surface area contributed by atoms with Gasteiger partial charge < -0.3 is 9.69 Å². The number of rotatable bonds is 6. The van der Waals surface area contributed by atoms with Crippen molar-refractivity contribution in [1.29, 1.82) is 0 Å². The van der Waals surface area contributed by atoms with Gasteiger partial charge in [0.25, 0.3) is 5.56 Å². The van der Waals surface area contributed by atoms with Crippen molar-refractivity contribution in [3.63, 3.8) is 0 Å². The fourth-order valence-corrected chi connectivity index (χ4v) is 4.38. The summed E-state index contributed by atoms with van der Waals surface area (Å²) in [5.74, 6) is 1.14. The van der Waals surface area contributed by atoms with E-state index in [9.17, 15) is 9.59 Å². The summed E-state index contributed by atoms with van der Waals surface area (Å²) in [4.78, 5) is 39.4. The zero-order valence-electron chi connectivity index (χ0n) is 16.7. The van der Waals surface area contributed by atoms with Crippen LogP contribution < -0.4 is 10.5 Å². The Morgan fingerprint density at radius 1 is 1.07 bits per heavy atom. The number of anilines is 1. The second-order valence-corrected chi connectivity index (χ2v) is 8.27. The Hall–Kier alpha value is -3.35. The lowest BCUT2D eigenvalue weighted by Crippen LogP contribution is -2.61. The molecule has 152 valence electrons. The molecule has 1 saturated carbocycles. The van der Waals surface area contributed by atoms with Crippen molar-refractivity contribution in [3.8, 4) is 17.1 Å². The average Bonchev–Trinajstić information content (AvgIpc) is 2.72. The lowest BCUT2D eigenvalue weighted by molar-refractivity contribution is -0.107. The van der Waals surface area contributed by atoms with Crippen molar-refractivity contribution in [2.75, 3.05) is 18.0 Å².